The number of carbonyl (C=O) groups is 2. The maximum absolute atomic E-state index is 12.8. The Labute approximate surface area is 154 Å². The molecule has 2 amide bonds. The summed E-state index contributed by atoms with van der Waals surface area (Å²) in [5, 5.41) is 2.73. The third-order valence-electron chi connectivity index (χ3n) is 5.18. The second kappa shape index (κ2) is 7.77. The molecular weight excluding hydrogens is 328 g/mol. The Morgan fingerprint density at radius 3 is 2.58 bits per heavy atom. The Bertz CT molecular complexity index is 779. The number of hydrogen-bond acceptors (Lipinski definition) is 3. The second-order valence-corrected chi connectivity index (χ2v) is 7.14. The summed E-state index contributed by atoms with van der Waals surface area (Å²) >= 11 is 0. The molecule has 0 saturated carbocycles. The van der Waals surface area contributed by atoms with Crippen LogP contribution in [-0.4, -0.2) is 29.8 Å². The molecule has 1 saturated heterocycles. The average molecular weight is 354 g/mol. The molecule has 0 bridgehead atoms. The number of hydrogen-bond donors (Lipinski definition) is 1. The largest absolute Gasteiger partial charge is 0.469 e. The van der Waals surface area contributed by atoms with Crippen molar-refractivity contribution in [1.82, 2.24) is 10.2 Å². The lowest BCUT2D eigenvalue weighted by atomic mass is 9.85. The Morgan fingerprint density at radius 2 is 1.92 bits per heavy atom. The van der Waals surface area contributed by atoms with Crippen molar-refractivity contribution in [2.45, 2.75) is 39.7 Å². The van der Waals surface area contributed by atoms with E-state index in [1.165, 1.54) is 11.8 Å². The van der Waals surface area contributed by atoms with E-state index in [2.05, 4.69) is 43.4 Å². The molecule has 0 aliphatic carbocycles. The molecule has 1 fully saturated rings. The summed E-state index contributed by atoms with van der Waals surface area (Å²) in [6.07, 6.45) is 3.57. The van der Waals surface area contributed by atoms with Crippen molar-refractivity contribution in [2.24, 2.45) is 5.92 Å². The molecule has 0 spiro atoms. The topological polar surface area (TPSA) is 62.6 Å². The summed E-state index contributed by atoms with van der Waals surface area (Å²) in [6, 6.07) is 10.1. The van der Waals surface area contributed by atoms with Crippen LogP contribution in [0.3, 0.4) is 0 Å². The zero-order chi connectivity index (χ0) is 18.7. The van der Waals surface area contributed by atoms with Gasteiger partial charge in [-0.05, 0) is 44.2 Å². The van der Waals surface area contributed by atoms with Gasteiger partial charge < -0.3 is 14.6 Å². The van der Waals surface area contributed by atoms with Gasteiger partial charge in [-0.15, -0.1) is 0 Å². The molecule has 1 aromatic heterocycles. The molecule has 26 heavy (non-hydrogen) atoms. The predicted molar refractivity (Wildman–Crippen MR) is 99.8 cm³/mol. The van der Waals surface area contributed by atoms with E-state index in [9.17, 15) is 9.59 Å². The van der Waals surface area contributed by atoms with E-state index in [1.54, 1.807) is 13.0 Å². The zero-order valence-corrected chi connectivity index (χ0v) is 15.6. The van der Waals surface area contributed by atoms with E-state index in [0.29, 0.717) is 17.2 Å². The molecule has 2 aromatic rings. The smallest absolute Gasteiger partial charge is 0.255 e. The van der Waals surface area contributed by atoms with Gasteiger partial charge >= 0.3 is 0 Å². The molecule has 1 aromatic carbocycles. The number of benzene rings is 1. The van der Waals surface area contributed by atoms with Crippen molar-refractivity contribution in [1.29, 1.82) is 0 Å². The molecule has 5 heteroatoms. The van der Waals surface area contributed by atoms with Crippen molar-refractivity contribution in [3.63, 3.8) is 0 Å². The molecule has 1 aliphatic heterocycles. The second-order valence-electron chi connectivity index (χ2n) is 7.14. The van der Waals surface area contributed by atoms with E-state index in [-0.39, 0.29) is 24.4 Å². The lowest BCUT2D eigenvalue weighted by molar-refractivity contribution is -0.135. The van der Waals surface area contributed by atoms with E-state index < -0.39 is 0 Å². The van der Waals surface area contributed by atoms with Crippen LogP contribution in [0, 0.1) is 19.8 Å². The highest BCUT2D eigenvalue weighted by Gasteiger charge is 2.33. The van der Waals surface area contributed by atoms with Crippen molar-refractivity contribution in [2.75, 3.05) is 13.1 Å². The van der Waals surface area contributed by atoms with Crippen LogP contribution in [0.5, 0.6) is 0 Å². The maximum atomic E-state index is 12.8. The van der Waals surface area contributed by atoms with Crippen LogP contribution in [0.1, 0.15) is 53.1 Å². The molecule has 2 atom stereocenters. The molecule has 1 N–H and O–H groups in total. The fourth-order valence-corrected chi connectivity index (χ4v) is 3.71. The highest BCUT2D eigenvalue weighted by molar-refractivity contribution is 5.97. The standard InChI is InChI=1S/C21H26N2O3/c1-14-6-8-17(9-7-14)20-15(2)5-4-11-23(20)19(24)13-22-21(25)18-10-12-26-16(18)3/h6-10,12,15,20H,4-5,11,13H2,1-3H3,(H,22,25). The van der Waals surface area contributed by atoms with Gasteiger partial charge in [-0.3, -0.25) is 9.59 Å². The molecule has 3 rings (SSSR count). The Hall–Kier alpha value is -2.56. The highest BCUT2D eigenvalue weighted by atomic mass is 16.3. The van der Waals surface area contributed by atoms with E-state index in [0.717, 1.165) is 24.9 Å². The van der Waals surface area contributed by atoms with Crippen LogP contribution in [0.15, 0.2) is 41.0 Å². The van der Waals surface area contributed by atoms with E-state index >= 15 is 0 Å². The van der Waals surface area contributed by atoms with Gasteiger partial charge in [-0.2, -0.15) is 0 Å². The summed E-state index contributed by atoms with van der Waals surface area (Å²) in [4.78, 5) is 27.0. The van der Waals surface area contributed by atoms with E-state index in [4.69, 9.17) is 4.42 Å². The van der Waals surface area contributed by atoms with Crippen molar-refractivity contribution < 1.29 is 14.0 Å². The third kappa shape index (κ3) is 3.82. The number of carbonyl (C=O) groups excluding carboxylic acids is 2. The zero-order valence-electron chi connectivity index (χ0n) is 15.6. The summed E-state index contributed by atoms with van der Waals surface area (Å²) in [5.74, 6) is 0.625. The van der Waals surface area contributed by atoms with Crippen LogP contribution >= 0.6 is 0 Å². The number of piperidine rings is 1. The summed E-state index contributed by atoms with van der Waals surface area (Å²) < 4.78 is 5.15. The highest BCUT2D eigenvalue weighted by Crippen LogP contribution is 2.35. The van der Waals surface area contributed by atoms with Crippen LogP contribution in [0.4, 0.5) is 0 Å². The quantitative estimate of drug-likeness (QED) is 0.912. The van der Waals surface area contributed by atoms with Crippen molar-refractivity contribution in [3.8, 4) is 0 Å². The first-order valence-electron chi connectivity index (χ1n) is 9.15. The number of nitrogens with one attached hydrogen (secondary N) is 1. The number of likely N-dealkylation sites (tertiary alicyclic amines) is 1. The van der Waals surface area contributed by atoms with Gasteiger partial charge in [0.05, 0.1) is 24.4 Å². The predicted octanol–water partition coefficient (Wildman–Crippen LogP) is 3.63. The normalized spacial score (nSPS) is 20.0. The van der Waals surface area contributed by atoms with Gasteiger partial charge in [0.2, 0.25) is 5.91 Å². The van der Waals surface area contributed by atoms with Gasteiger partial charge in [0.1, 0.15) is 5.76 Å². The Morgan fingerprint density at radius 1 is 1.19 bits per heavy atom. The fourth-order valence-electron chi connectivity index (χ4n) is 3.71. The lowest BCUT2D eigenvalue weighted by Crippen LogP contribution is -2.46. The average Bonchev–Trinajstić information content (AvgIpc) is 3.06. The molecular formula is C21H26N2O3. The van der Waals surface area contributed by atoms with Crippen LogP contribution in [-0.2, 0) is 4.79 Å². The van der Waals surface area contributed by atoms with Gasteiger partial charge in [-0.1, -0.05) is 36.8 Å². The molecule has 0 radical (unpaired) electrons. The number of rotatable bonds is 4. The third-order valence-corrected chi connectivity index (χ3v) is 5.18. The minimum Gasteiger partial charge on any atom is -0.469 e. The van der Waals surface area contributed by atoms with Gasteiger partial charge in [0.25, 0.3) is 5.91 Å². The first-order valence-corrected chi connectivity index (χ1v) is 9.15. The number of amides is 2. The first-order chi connectivity index (χ1) is 12.5. The van der Waals surface area contributed by atoms with Gasteiger partial charge in [0.15, 0.2) is 0 Å². The minimum absolute atomic E-state index is 0.00145. The first kappa shape index (κ1) is 18.2. The summed E-state index contributed by atoms with van der Waals surface area (Å²) in [6.45, 7) is 6.71. The van der Waals surface area contributed by atoms with Crippen LogP contribution in [0.25, 0.3) is 0 Å². The molecule has 2 heterocycles. The van der Waals surface area contributed by atoms with Gasteiger partial charge in [0, 0.05) is 6.54 Å². The van der Waals surface area contributed by atoms with Gasteiger partial charge in [-0.25, -0.2) is 0 Å². The summed E-state index contributed by atoms with van der Waals surface area (Å²) in [5.41, 5.74) is 2.84. The minimum atomic E-state index is -0.276. The molecule has 2 unspecified atom stereocenters. The number of aryl methyl sites for hydroxylation is 2. The molecule has 138 valence electrons. The number of nitrogens with zero attached hydrogens (tertiary/aromatic N) is 1. The monoisotopic (exact) mass is 354 g/mol. The summed E-state index contributed by atoms with van der Waals surface area (Å²) in [7, 11) is 0. The molecule has 5 nitrogen and oxygen atoms in total. The Balaban J connectivity index is 1.70. The fraction of sp³-hybridized carbons (Fsp3) is 0.429. The lowest BCUT2D eigenvalue weighted by Gasteiger charge is -2.40. The van der Waals surface area contributed by atoms with Crippen molar-refractivity contribution >= 4 is 11.8 Å². The SMILES string of the molecule is Cc1ccc(C2C(C)CCCN2C(=O)CNC(=O)c2ccoc2C)cc1. The van der Waals surface area contributed by atoms with E-state index in [1.807, 2.05) is 4.90 Å². The number of furan rings is 1. The van der Waals surface area contributed by atoms with Crippen LogP contribution in [0.2, 0.25) is 0 Å². The molecule has 1 aliphatic rings. The van der Waals surface area contributed by atoms with Crippen LogP contribution < -0.4 is 5.32 Å². The maximum Gasteiger partial charge on any atom is 0.255 e. The van der Waals surface area contributed by atoms with Crippen molar-refractivity contribution in [3.05, 3.63) is 59.0 Å². The Kier molecular flexibility index (Phi) is 5.45.